The number of piperidine rings is 1. The van der Waals surface area contributed by atoms with Gasteiger partial charge in [0, 0.05) is 43.6 Å². The van der Waals surface area contributed by atoms with Crippen LogP contribution < -0.4 is 15.1 Å². The molecule has 0 amide bonds. The highest BCUT2D eigenvalue weighted by molar-refractivity contribution is 5.60. The average Bonchev–Trinajstić information content (AvgIpc) is 2.76. The molecule has 2 aliphatic rings. The maximum Gasteiger partial charge on any atom is 0.0392 e. The van der Waals surface area contributed by atoms with Crippen molar-refractivity contribution in [2.24, 2.45) is 0 Å². The van der Waals surface area contributed by atoms with E-state index in [0.29, 0.717) is 0 Å². The fraction of sp³-hybridized carbons (Fsp3) is 0.667. The van der Waals surface area contributed by atoms with E-state index in [1.165, 1.54) is 50.0 Å². The molecule has 21 heavy (non-hydrogen) atoms. The molecule has 116 valence electrons. The van der Waals surface area contributed by atoms with Gasteiger partial charge < -0.3 is 15.1 Å². The molecule has 0 aliphatic carbocycles. The van der Waals surface area contributed by atoms with Gasteiger partial charge in [-0.05, 0) is 56.8 Å². The molecule has 0 saturated carbocycles. The summed E-state index contributed by atoms with van der Waals surface area (Å²) in [6.45, 7) is 3.42. The predicted octanol–water partition coefficient (Wildman–Crippen LogP) is 3.25. The van der Waals surface area contributed by atoms with Gasteiger partial charge in [-0.25, -0.2) is 0 Å². The van der Waals surface area contributed by atoms with E-state index in [1.807, 2.05) is 0 Å². The maximum absolute atomic E-state index is 3.74. The second-order valence-corrected chi connectivity index (χ2v) is 6.83. The lowest BCUT2D eigenvalue weighted by Crippen LogP contribution is -2.49. The minimum atomic E-state index is 0.732. The van der Waals surface area contributed by atoms with E-state index in [-0.39, 0.29) is 0 Å². The van der Waals surface area contributed by atoms with Crippen LogP contribution >= 0.6 is 0 Å². The molecule has 3 rings (SSSR count). The van der Waals surface area contributed by atoms with Gasteiger partial charge in [0.25, 0.3) is 0 Å². The number of fused-ring (bicyclic) bond motifs is 2. The van der Waals surface area contributed by atoms with Gasteiger partial charge in [-0.1, -0.05) is 13.0 Å². The summed E-state index contributed by atoms with van der Waals surface area (Å²) in [5, 5.41) is 3.74. The zero-order valence-corrected chi connectivity index (χ0v) is 13.7. The monoisotopic (exact) mass is 287 g/mol. The largest absolute Gasteiger partial charge is 0.378 e. The Morgan fingerprint density at radius 3 is 2.52 bits per heavy atom. The van der Waals surface area contributed by atoms with Crippen molar-refractivity contribution < 1.29 is 0 Å². The van der Waals surface area contributed by atoms with E-state index in [1.54, 1.807) is 0 Å². The van der Waals surface area contributed by atoms with Crippen LogP contribution in [0.15, 0.2) is 24.3 Å². The van der Waals surface area contributed by atoms with Crippen LogP contribution in [0.4, 0.5) is 11.4 Å². The zero-order chi connectivity index (χ0) is 14.8. The summed E-state index contributed by atoms with van der Waals surface area (Å²) >= 11 is 0. The van der Waals surface area contributed by atoms with E-state index in [4.69, 9.17) is 0 Å². The van der Waals surface area contributed by atoms with Crippen molar-refractivity contribution in [3.05, 3.63) is 24.3 Å². The molecule has 2 saturated heterocycles. The molecule has 2 unspecified atom stereocenters. The molecule has 2 fully saturated rings. The summed E-state index contributed by atoms with van der Waals surface area (Å²) in [6, 6.07) is 11.2. The summed E-state index contributed by atoms with van der Waals surface area (Å²) in [7, 11) is 4.24. The molecule has 0 aromatic heterocycles. The van der Waals surface area contributed by atoms with Gasteiger partial charge >= 0.3 is 0 Å². The molecular formula is C18H29N3. The standard InChI is InChI=1S/C18H29N3/c1-4-10-19-14-11-17-8-9-18(12-14)21(17)16-7-5-6-15(13-16)20(2)3/h5-7,13-14,17-19H,4,8-12H2,1-3H3. The summed E-state index contributed by atoms with van der Waals surface area (Å²) in [5.41, 5.74) is 2.72. The molecular weight excluding hydrogens is 258 g/mol. The normalized spacial score (nSPS) is 28.0. The molecule has 1 aromatic carbocycles. The second kappa shape index (κ2) is 6.27. The lowest BCUT2D eigenvalue weighted by atomic mass is 9.96. The van der Waals surface area contributed by atoms with Gasteiger partial charge in [0.15, 0.2) is 0 Å². The molecule has 1 N–H and O–H groups in total. The van der Waals surface area contributed by atoms with Crippen LogP contribution in [-0.4, -0.2) is 38.8 Å². The third kappa shape index (κ3) is 3.03. The van der Waals surface area contributed by atoms with Crippen LogP contribution in [0.3, 0.4) is 0 Å². The lowest BCUT2D eigenvalue weighted by Gasteiger charge is -2.41. The Bertz CT molecular complexity index is 457. The van der Waals surface area contributed by atoms with Crippen LogP contribution in [0, 0.1) is 0 Å². The van der Waals surface area contributed by atoms with Gasteiger partial charge in [0.05, 0.1) is 0 Å². The van der Waals surface area contributed by atoms with E-state index in [2.05, 4.69) is 60.4 Å². The third-order valence-electron chi connectivity index (χ3n) is 5.06. The Hall–Kier alpha value is -1.22. The first-order valence-electron chi connectivity index (χ1n) is 8.48. The van der Waals surface area contributed by atoms with Gasteiger partial charge in [0.1, 0.15) is 0 Å². The fourth-order valence-corrected chi connectivity index (χ4v) is 4.05. The van der Waals surface area contributed by atoms with Gasteiger partial charge in [-0.2, -0.15) is 0 Å². The number of rotatable bonds is 5. The van der Waals surface area contributed by atoms with Gasteiger partial charge in [0.2, 0.25) is 0 Å². The van der Waals surface area contributed by atoms with Crippen molar-refractivity contribution in [2.45, 2.75) is 57.2 Å². The molecule has 2 aliphatic heterocycles. The van der Waals surface area contributed by atoms with E-state index < -0.39 is 0 Å². The van der Waals surface area contributed by atoms with Crippen molar-refractivity contribution in [1.82, 2.24) is 5.32 Å². The molecule has 3 nitrogen and oxygen atoms in total. The highest BCUT2D eigenvalue weighted by Gasteiger charge is 2.40. The SMILES string of the molecule is CCCNC1CC2CCC(C1)N2c1cccc(N(C)C)c1. The Morgan fingerprint density at radius 1 is 1.19 bits per heavy atom. The number of hydrogen-bond acceptors (Lipinski definition) is 3. The summed E-state index contributed by atoms with van der Waals surface area (Å²) in [6.07, 6.45) is 6.58. The van der Waals surface area contributed by atoms with Crippen LogP contribution in [0.25, 0.3) is 0 Å². The van der Waals surface area contributed by atoms with Gasteiger partial charge in [-0.15, -0.1) is 0 Å². The van der Waals surface area contributed by atoms with Crippen LogP contribution in [0.5, 0.6) is 0 Å². The Labute approximate surface area is 129 Å². The molecule has 0 spiro atoms. The smallest absolute Gasteiger partial charge is 0.0392 e. The van der Waals surface area contributed by atoms with Crippen molar-refractivity contribution in [3.8, 4) is 0 Å². The molecule has 2 atom stereocenters. The Kier molecular flexibility index (Phi) is 4.39. The number of hydrogen-bond donors (Lipinski definition) is 1. The zero-order valence-electron chi connectivity index (χ0n) is 13.7. The van der Waals surface area contributed by atoms with Crippen molar-refractivity contribution in [2.75, 3.05) is 30.4 Å². The summed E-state index contributed by atoms with van der Waals surface area (Å²) < 4.78 is 0. The fourth-order valence-electron chi connectivity index (χ4n) is 4.05. The van der Waals surface area contributed by atoms with Crippen LogP contribution in [0.1, 0.15) is 39.0 Å². The maximum atomic E-state index is 3.74. The predicted molar refractivity (Wildman–Crippen MR) is 91.4 cm³/mol. The topological polar surface area (TPSA) is 18.5 Å². The Balaban J connectivity index is 1.74. The first-order valence-corrected chi connectivity index (χ1v) is 8.48. The van der Waals surface area contributed by atoms with Crippen molar-refractivity contribution >= 4 is 11.4 Å². The molecule has 3 heteroatoms. The minimum Gasteiger partial charge on any atom is -0.378 e. The minimum absolute atomic E-state index is 0.732. The number of anilines is 2. The molecule has 0 radical (unpaired) electrons. The number of benzene rings is 1. The van der Waals surface area contributed by atoms with Crippen molar-refractivity contribution in [3.63, 3.8) is 0 Å². The first kappa shape index (κ1) is 14.7. The molecule has 1 aromatic rings. The van der Waals surface area contributed by atoms with E-state index in [9.17, 15) is 0 Å². The second-order valence-electron chi connectivity index (χ2n) is 6.83. The van der Waals surface area contributed by atoms with Gasteiger partial charge in [-0.3, -0.25) is 0 Å². The number of nitrogens with zero attached hydrogens (tertiary/aromatic N) is 2. The third-order valence-corrected chi connectivity index (χ3v) is 5.06. The molecule has 2 heterocycles. The van der Waals surface area contributed by atoms with Crippen molar-refractivity contribution in [1.29, 1.82) is 0 Å². The van der Waals surface area contributed by atoms with Crippen LogP contribution in [-0.2, 0) is 0 Å². The lowest BCUT2D eigenvalue weighted by molar-refractivity contribution is 0.357. The van der Waals surface area contributed by atoms with E-state index >= 15 is 0 Å². The summed E-state index contributed by atoms with van der Waals surface area (Å²) in [4.78, 5) is 4.90. The Morgan fingerprint density at radius 2 is 1.90 bits per heavy atom. The quantitative estimate of drug-likeness (QED) is 0.897. The van der Waals surface area contributed by atoms with Crippen LogP contribution in [0.2, 0.25) is 0 Å². The van der Waals surface area contributed by atoms with E-state index in [0.717, 1.165) is 18.1 Å². The molecule has 2 bridgehead atoms. The number of nitrogens with one attached hydrogen (secondary N) is 1. The highest BCUT2D eigenvalue weighted by atomic mass is 15.2. The first-order chi connectivity index (χ1) is 10.2. The average molecular weight is 287 g/mol. The summed E-state index contributed by atoms with van der Waals surface area (Å²) in [5.74, 6) is 0. The highest BCUT2D eigenvalue weighted by Crippen LogP contribution is 2.40.